The number of hydrogen-bond acceptors (Lipinski definition) is 8. The molecule has 1 fully saturated rings. The summed E-state index contributed by atoms with van der Waals surface area (Å²) in [6.07, 6.45) is 0. The molecule has 3 aromatic rings. The van der Waals surface area contributed by atoms with Crippen molar-refractivity contribution in [1.82, 2.24) is 15.0 Å². The minimum atomic E-state index is -0.363. The summed E-state index contributed by atoms with van der Waals surface area (Å²) in [6, 6.07) is 7.08. The van der Waals surface area contributed by atoms with E-state index in [9.17, 15) is 4.79 Å². The lowest BCUT2D eigenvalue weighted by Gasteiger charge is -2.27. The zero-order chi connectivity index (χ0) is 18.1. The third-order valence-electron chi connectivity index (χ3n) is 4.24. The Labute approximate surface area is 151 Å². The number of hydrogen-bond donors (Lipinski definition) is 1. The highest BCUT2D eigenvalue weighted by Gasteiger charge is 2.16. The highest BCUT2D eigenvalue weighted by molar-refractivity contribution is 5.83. The van der Waals surface area contributed by atoms with Gasteiger partial charge in [-0.25, -0.2) is 4.79 Å². The van der Waals surface area contributed by atoms with Crippen molar-refractivity contribution in [2.75, 3.05) is 36.5 Å². The number of nitrogens with zero attached hydrogens (tertiary/aromatic N) is 4. The smallest absolute Gasteiger partial charge is 0.336 e. The fourth-order valence-corrected chi connectivity index (χ4v) is 2.96. The lowest BCUT2D eigenvalue weighted by atomic mass is 10.1. The second kappa shape index (κ2) is 6.72. The van der Waals surface area contributed by atoms with Gasteiger partial charge in [0.2, 0.25) is 11.9 Å². The van der Waals surface area contributed by atoms with Gasteiger partial charge in [0.1, 0.15) is 11.4 Å². The second-order valence-electron chi connectivity index (χ2n) is 6.19. The third kappa shape index (κ3) is 3.36. The summed E-state index contributed by atoms with van der Waals surface area (Å²) in [4.78, 5) is 27.0. The summed E-state index contributed by atoms with van der Waals surface area (Å²) >= 11 is 0. The van der Waals surface area contributed by atoms with Crippen LogP contribution in [-0.4, -0.2) is 41.3 Å². The summed E-state index contributed by atoms with van der Waals surface area (Å²) in [5.41, 5.74) is 1.79. The van der Waals surface area contributed by atoms with E-state index in [-0.39, 0.29) is 7.05 Å². The number of rotatable bonds is 3. The summed E-state index contributed by atoms with van der Waals surface area (Å²) in [7, 11) is 0. The molecule has 1 aliphatic rings. The van der Waals surface area contributed by atoms with Gasteiger partial charge in [0.25, 0.3) is 0 Å². The van der Waals surface area contributed by atoms with Crippen molar-refractivity contribution < 1.29 is 10.6 Å². The van der Waals surface area contributed by atoms with E-state index in [0.29, 0.717) is 36.5 Å². The van der Waals surface area contributed by atoms with Gasteiger partial charge in [0.15, 0.2) is 0 Å². The predicted octanol–water partition coefficient (Wildman–Crippen LogP) is 2.42. The molecule has 0 bridgehead atoms. The van der Waals surface area contributed by atoms with Crippen LogP contribution in [0, 0.1) is 13.8 Å². The highest BCUT2D eigenvalue weighted by atomic mass is 16.5. The molecular weight excluding hydrogens is 334 g/mol. The Bertz CT molecular complexity index is 1020. The number of benzene rings is 1. The maximum Gasteiger partial charge on any atom is 0.336 e. The SMILES string of the molecule is Cc1nc(Nc2ccc3c(C)cc(=O)oc3c2)nc(N2CCOCC2)n1.[HH]. The Hall–Kier alpha value is -3.00. The Morgan fingerprint density at radius 2 is 1.92 bits per heavy atom. The summed E-state index contributed by atoms with van der Waals surface area (Å²) in [5, 5.41) is 4.07. The van der Waals surface area contributed by atoms with Crippen molar-refractivity contribution in [3.05, 3.63) is 46.1 Å². The van der Waals surface area contributed by atoms with Crippen molar-refractivity contribution in [2.45, 2.75) is 13.8 Å². The number of aromatic nitrogens is 3. The molecule has 0 spiro atoms. The van der Waals surface area contributed by atoms with Crippen LogP contribution in [0.4, 0.5) is 17.6 Å². The van der Waals surface area contributed by atoms with Crippen LogP contribution in [0.15, 0.2) is 33.5 Å². The quantitative estimate of drug-likeness (QED) is 0.716. The van der Waals surface area contributed by atoms with Gasteiger partial charge in [-0.15, -0.1) is 0 Å². The maximum absolute atomic E-state index is 11.6. The first-order valence-electron chi connectivity index (χ1n) is 8.45. The number of nitrogens with one attached hydrogen (secondary N) is 1. The van der Waals surface area contributed by atoms with Gasteiger partial charge in [-0.2, -0.15) is 15.0 Å². The van der Waals surface area contributed by atoms with E-state index >= 15 is 0 Å². The minimum absolute atomic E-state index is 0. The molecule has 0 radical (unpaired) electrons. The van der Waals surface area contributed by atoms with Crippen molar-refractivity contribution in [3.63, 3.8) is 0 Å². The topological polar surface area (TPSA) is 93.4 Å². The van der Waals surface area contributed by atoms with Crippen molar-refractivity contribution in [1.29, 1.82) is 0 Å². The van der Waals surface area contributed by atoms with E-state index in [1.807, 2.05) is 26.0 Å². The van der Waals surface area contributed by atoms with Gasteiger partial charge in [-0.05, 0) is 31.5 Å². The molecule has 136 valence electrons. The normalized spacial score (nSPS) is 14.6. The zero-order valence-corrected chi connectivity index (χ0v) is 14.7. The molecule has 1 aliphatic heterocycles. The Morgan fingerprint density at radius 3 is 2.73 bits per heavy atom. The first-order valence-corrected chi connectivity index (χ1v) is 8.45. The van der Waals surface area contributed by atoms with Gasteiger partial charge in [0, 0.05) is 37.7 Å². The molecule has 0 aliphatic carbocycles. The Kier molecular flexibility index (Phi) is 4.26. The number of anilines is 3. The molecule has 1 saturated heterocycles. The average Bonchev–Trinajstić information content (AvgIpc) is 2.61. The van der Waals surface area contributed by atoms with E-state index in [1.165, 1.54) is 6.07 Å². The number of ether oxygens (including phenoxy) is 1. The Morgan fingerprint density at radius 1 is 1.12 bits per heavy atom. The van der Waals surface area contributed by atoms with E-state index < -0.39 is 0 Å². The van der Waals surface area contributed by atoms with Gasteiger partial charge < -0.3 is 19.4 Å². The first-order chi connectivity index (χ1) is 12.6. The minimum Gasteiger partial charge on any atom is -0.423 e. The van der Waals surface area contributed by atoms with Crippen LogP contribution in [-0.2, 0) is 4.74 Å². The van der Waals surface area contributed by atoms with Gasteiger partial charge in [-0.3, -0.25) is 0 Å². The molecule has 8 heteroatoms. The van der Waals surface area contributed by atoms with Crippen LogP contribution in [0.5, 0.6) is 0 Å². The Balaban J connectivity index is 0.00000210. The average molecular weight is 355 g/mol. The molecule has 1 N–H and O–H groups in total. The molecule has 0 amide bonds. The fraction of sp³-hybridized carbons (Fsp3) is 0.333. The van der Waals surface area contributed by atoms with Gasteiger partial charge in [-0.1, -0.05) is 0 Å². The summed E-state index contributed by atoms with van der Waals surface area (Å²) in [5.74, 6) is 1.71. The lowest BCUT2D eigenvalue weighted by Crippen LogP contribution is -2.37. The predicted molar refractivity (Wildman–Crippen MR) is 100 cm³/mol. The molecular formula is C18H21N5O3. The molecule has 4 rings (SSSR count). The van der Waals surface area contributed by atoms with Crippen molar-refractivity contribution in [3.8, 4) is 0 Å². The van der Waals surface area contributed by atoms with Gasteiger partial charge in [0.05, 0.1) is 13.2 Å². The third-order valence-corrected chi connectivity index (χ3v) is 4.24. The number of aryl methyl sites for hydroxylation is 2. The van der Waals surface area contributed by atoms with Crippen LogP contribution in [0.3, 0.4) is 0 Å². The molecule has 3 heterocycles. The summed E-state index contributed by atoms with van der Waals surface area (Å²) in [6.45, 7) is 6.55. The van der Waals surface area contributed by atoms with Crippen LogP contribution in [0.1, 0.15) is 12.8 Å². The number of morpholine rings is 1. The first kappa shape index (κ1) is 16.5. The van der Waals surface area contributed by atoms with E-state index in [4.69, 9.17) is 9.15 Å². The standard InChI is InChI=1S/C18H19N5O3.H2/c1-11-9-16(24)26-15-10-13(3-4-14(11)15)21-17-19-12(2)20-18(22-17)23-5-7-25-8-6-23;/h3-4,9-10H,5-8H2,1-2H3,(H,19,20,21,22);1H. The van der Waals surface area contributed by atoms with Crippen molar-refractivity contribution >= 4 is 28.6 Å². The molecule has 8 nitrogen and oxygen atoms in total. The maximum atomic E-state index is 11.6. The second-order valence-corrected chi connectivity index (χ2v) is 6.19. The highest BCUT2D eigenvalue weighted by Crippen LogP contribution is 2.23. The van der Waals surface area contributed by atoms with Crippen LogP contribution in [0.25, 0.3) is 11.0 Å². The van der Waals surface area contributed by atoms with Crippen LogP contribution in [0.2, 0.25) is 0 Å². The number of fused-ring (bicyclic) bond motifs is 1. The van der Waals surface area contributed by atoms with Crippen LogP contribution >= 0.6 is 0 Å². The van der Waals surface area contributed by atoms with Crippen molar-refractivity contribution in [2.24, 2.45) is 0 Å². The van der Waals surface area contributed by atoms with Crippen LogP contribution < -0.4 is 15.8 Å². The lowest BCUT2D eigenvalue weighted by molar-refractivity contribution is 0.122. The summed E-state index contributed by atoms with van der Waals surface area (Å²) < 4.78 is 10.7. The fourth-order valence-electron chi connectivity index (χ4n) is 2.96. The molecule has 1 aromatic carbocycles. The molecule has 26 heavy (non-hydrogen) atoms. The zero-order valence-electron chi connectivity index (χ0n) is 14.7. The largest absolute Gasteiger partial charge is 0.423 e. The van der Waals surface area contributed by atoms with E-state index in [0.717, 1.165) is 29.7 Å². The van der Waals surface area contributed by atoms with E-state index in [2.05, 4.69) is 25.2 Å². The van der Waals surface area contributed by atoms with E-state index in [1.54, 1.807) is 6.07 Å². The van der Waals surface area contributed by atoms with Gasteiger partial charge >= 0.3 is 5.63 Å². The molecule has 0 unspecified atom stereocenters. The molecule has 2 aromatic heterocycles. The molecule has 0 saturated carbocycles. The molecule has 0 atom stereocenters. The monoisotopic (exact) mass is 355 g/mol.